The molecule has 1 unspecified atom stereocenters. The third-order valence-corrected chi connectivity index (χ3v) is 4.86. The normalized spacial score (nSPS) is 15.7. The maximum atomic E-state index is 12.6. The smallest absolute Gasteiger partial charge is 0.260 e. The van der Waals surface area contributed by atoms with Crippen LogP contribution in [0.15, 0.2) is 43.1 Å². The molecule has 156 valence electrons. The van der Waals surface area contributed by atoms with Gasteiger partial charge in [-0.25, -0.2) is 4.98 Å². The van der Waals surface area contributed by atoms with Gasteiger partial charge in [0.15, 0.2) is 5.82 Å². The van der Waals surface area contributed by atoms with Crippen LogP contribution in [-0.4, -0.2) is 46.5 Å². The van der Waals surface area contributed by atoms with Crippen molar-refractivity contribution in [3.8, 4) is 5.75 Å². The first-order chi connectivity index (χ1) is 14.7. The van der Waals surface area contributed by atoms with Crippen LogP contribution in [0.3, 0.4) is 0 Å². The second-order valence-electron chi connectivity index (χ2n) is 6.82. The lowest BCUT2D eigenvalue weighted by Gasteiger charge is -2.21. The summed E-state index contributed by atoms with van der Waals surface area (Å²) in [6, 6.07) is 3.80. The van der Waals surface area contributed by atoms with Gasteiger partial charge in [-0.1, -0.05) is 0 Å². The number of nitrogens with zero attached hydrogens (tertiary/aromatic N) is 4. The highest BCUT2D eigenvalue weighted by molar-refractivity contribution is 6.03. The minimum Gasteiger partial charge on any atom is -0.494 e. The largest absolute Gasteiger partial charge is 0.494 e. The van der Waals surface area contributed by atoms with Gasteiger partial charge < -0.3 is 19.5 Å². The zero-order valence-corrected chi connectivity index (χ0v) is 16.9. The van der Waals surface area contributed by atoms with E-state index >= 15 is 0 Å². The molecule has 9 nitrogen and oxygen atoms in total. The topological polar surface area (TPSA) is 100 Å². The molecule has 30 heavy (non-hydrogen) atoms. The van der Waals surface area contributed by atoms with E-state index in [1.54, 1.807) is 31.4 Å². The van der Waals surface area contributed by atoms with Gasteiger partial charge in [0.1, 0.15) is 17.4 Å². The van der Waals surface area contributed by atoms with Crippen LogP contribution in [0.4, 0.5) is 5.82 Å². The van der Waals surface area contributed by atoms with Gasteiger partial charge in [-0.3, -0.25) is 14.5 Å². The van der Waals surface area contributed by atoms with Crippen LogP contribution >= 0.6 is 0 Å². The van der Waals surface area contributed by atoms with E-state index in [2.05, 4.69) is 20.4 Å². The number of ether oxygens (including phenoxy) is 3. The quantitative estimate of drug-likeness (QED) is 0.640. The minimum absolute atomic E-state index is 0.0870. The van der Waals surface area contributed by atoms with E-state index in [9.17, 15) is 4.79 Å². The number of hydrogen-bond donors (Lipinski definition) is 1. The summed E-state index contributed by atoms with van der Waals surface area (Å²) in [4.78, 5) is 21.7. The number of benzene rings is 1. The molecule has 1 aromatic carbocycles. The van der Waals surface area contributed by atoms with Crippen LogP contribution in [-0.2, 0) is 16.0 Å². The van der Waals surface area contributed by atoms with Crippen molar-refractivity contribution in [3.05, 3.63) is 54.2 Å². The van der Waals surface area contributed by atoms with Crippen molar-refractivity contribution in [2.45, 2.75) is 25.5 Å². The summed E-state index contributed by atoms with van der Waals surface area (Å²) < 4.78 is 17.9. The standard InChI is InChI=1S/C21H23N5O4/c1-28-10-8-26-13-14(11-23-26)21(27)25-18-12-22-19-15(16-5-3-4-9-30-16)6-7-17(29-2)20(19)24-18/h4,6-7,9,11-13,16H,3,5,8,10H2,1-2H3,(H,24,25,27). The summed E-state index contributed by atoms with van der Waals surface area (Å²) in [6.07, 6.45) is 10.1. The number of allylic oxidation sites excluding steroid dienone is 1. The average Bonchev–Trinajstić information content (AvgIpc) is 3.26. The molecule has 3 heterocycles. The third kappa shape index (κ3) is 4.11. The number of aromatic nitrogens is 4. The molecule has 0 bridgehead atoms. The molecule has 0 spiro atoms. The van der Waals surface area contributed by atoms with Crippen molar-refractivity contribution in [1.29, 1.82) is 0 Å². The number of carbonyl (C=O) groups excluding carboxylic acids is 1. The molecule has 9 heteroatoms. The lowest BCUT2D eigenvalue weighted by Crippen LogP contribution is -2.13. The Kier molecular flexibility index (Phi) is 5.89. The van der Waals surface area contributed by atoms with Gasteiger partial charge in [-0.05, 0) is 31.1 Å². The lowest BCUT2D eigenvalue weighted by molar-refractivity contribution is 0.102. The maximum absolute atomic E-state index is 12.6. The molecular weight excluding hydrogens is 386 g/mol. The van der Waals surface area contributed by atoms with Gasteiger partial charge in [0.25, 0.3) is 5.91 Å². The van der Waals surface area contributed by atoms with E-state index in [0.29, 0.717) is 41.3 Å². The van der Waals surface area contributed by atoms with E-state index < -0.39 is 0 Å². The Morgan fingerprint density at radius 3 is 2.97 bits per heavy atom. The van der Waals surface area contributed by atoms with E-state index in [0.717, 1.165) is 18.4 Å². The number of nitrogens with one attached hydrogen (secondary N) is 1. The van der Waals surface area contributed by atoms with Gasteiger partial charge in [-0.2, -0.15) is 5.10 Å². The van der Waals surface area contributed by atoms with Crippen molar-refractivity contribution in [1.82, 2.24) is 19.7 Å². The van der Waals surface area contributed by atoms with Crippen molar-refractivity contribution < 1.29 is 19.0 Å². The van der Waals surface area contributed by atoms with E-state index in [1.807, 2.05) is 18.2 Å². The molecule has 0 saturated heterocycles. The van der Waals surface area contributed by atoms with Crippen molar-refractivity contribution in [2.24, 2.45) is 0 Å². The Morgan fingerprint density at radius 1 is 1.30 bits per heavy atom. The summed E-state index contributed by atoms with van der Waals surface area (Å²) in [6.45, 7) is 1.08. The SMILES string of the molecule is COCCn1cc(C(=O)Nc2cnc3c(C4CCC=CO4)ccc(OC)c3n2)cn1. The summed E-state index contributed by atoms with van der Waals surface area (Å²) in [5.41, 5.74) is 2.64. The van der Waals surface area contributed by atoms with E-state index in [1.165, 1.54) is 12.4 Å². The van der Waals surface area contributed by atoms with Gasteiger partial charge in [0.2, 0.25) is 0 Å². The molecule has 0 radical (unpaired) electrons. The van der Waals surface area contributed by atoms with Crippen molar-refractivity contribution in [2.75, 3.05) is 26.1 Å². The number of carbonyl (C=O) groups is 1. The van der Waals surface area contributed by atoms with Crippen LogP contribution < -0.4 is 10.1 Å². The zero-order valence-electron chi connectivity index (χ0n) is 16.9. The van der Waals surface area contributed by atoms with Crippen LogP contribution in [0.25, 0.3) is 11.0 Å². The van der Waals surface area contributed by atoms with Crippen LogP contribution in [0.2, 0.25) is 0 Å². The molecular formula is C21H23N5O4. The minimum atomic E-state index is -0.316. The maximum Gasteiger partial charge on any atom is 0.260 e. The second kappa shape index (κ2) is 8.91. The Hall–Kier alpha value is -3.46. The number of fused-ring (bicyclic) bond motifs is 1. The molecule has 0 saturated carbocycles. The highest BCUT2D eigenvalue weighted by atomic mass is 16.5. The number of amides is 1. The fraction of sp³-hybridized carbons (Fsp3) is 0.333. The van der Waals surface area contributed by atoms with Crippen LogP contribution in [0.5, 0.6) is 5.75 Å². The fourth-order valence-electron chi connectivity index (χ4n) is 3.32. The molecule has 4 rings (SSSR count). The van der Waals surface area contributed by atoms with Crippen LogP contribution in [0, 0.1) is 0 Å². The second-order valence-corrected chi connectivity index (χ2v) is 6.82. The summed E-state index contributed by atoms with van der Waals surface area (Å²) in [5, 5.41) is 6.93. The molecule has 1 N–H and O–H groups in total. The Labute approximate surface area is 173 Å². The van der Waals surface area contributed by atoms with E-state index in [4.69, 9.17) is 14.2 Å². The highest BCUT2D eigenvalue weighted by Gasteiger charge is 2.20. The summed E-state index contributed by atoms with van der Waals surface area (Å²) in [7, 11) is 3.20. The molecule has 1 amide bonds. The first-order valence-electron chi connectivity index (χ1n) is 9.66. The Balaban J connectivity index is 1.60. The highest BCUT2D eigenvalue weighted by Crippen LogP contribution is 2.34. The van der Waals surface area contributed by atoms with Gasteiger partial charge >= 0.3 is 0 Å². The number of rotatable bonds is 7. The van der Waals surface area contributed by atoms with Crippen LogP contribution in [0.1, 0.15) is 34.9 Å². The van der Waals surface area contributed by atoms with Gasteiger partial charge in [-0.15, -0.1) is 0 Å². The zero-order chi connectivity index (χ0) is 20.9. The monoisotopic (exact) mass is 409 g/mol. The lowest BCUT2D eigenvalue weighted by atomic mass is 10.0. The molecule has 0 fully saturated rings. The van der Waals surface area contributed by atoms with E-state index in [-0.39, 0.29) is 12.0 Å². The third-order valence-electron chi connectivity index (χ3n) is 4.86. The fourth-order valence-corrected chi connectivity index (χ4v) is 3.32. The Morgan fingerprint density at radius 2 is 2.20 bits per heavy atom. The first kappa shape index (κ1) is 19.8. The predicted octanol–water partition coefficient (Wildman–Crippen LogP) is 3.10. The van der Waals surface area contributed by atoms with Gasteiger partial charge in [0, 0.05) is 18.9 Å². The number of anilines is 1. The molecule has 1 atom stereocenters. The molecule has 1 aliphatic rings. The molecule has 3 aromatic rings. The number of hydrogen-bond acceptors (Lipinski definition) is 7. The number of methoxy groups -OCH3 is 2. The summed E-state index contributed by atoms with van der Waals surface area (Å²) >= 11 is 0. The molecule has 0 aliphatic carbocycles. The molecule has 2 aromatic heterocycles. The Bertz CT molecular complexity index is 1080. The van der Waals surface area contributed by atoms with Crippen molar-refractivity contribution >= 4 is 22.8 Å². The summed E-state index contributed by atoms with van der Waals surface area (Å²) in [5.74, 6) is 0.594. The molecule has 1 aliphatic heterocycles. The predicted molar refractivity (Wildman–Crippen MR) is 110 cm³/mol. The van der Waals surface area contributed by atoms with Gasteiger partial charge in [0.05, 0.1) is 50.0 Å². The average molecular weight is 409 g/mol. The first-order valence-corrected chi connectivity index (χ1v) is 9.66. The van der Waals surface area contributed by atoms with Crippen molar-refractivity contribution in [3.63, 3.8) is 0 Å².